The summed E-state index contributed by atoms with van der Waals surface area (Å²) in [6.07, 6.45) is 6.12. The van der Waals surface area contributed by atoms with Crippen LogP contribution in [0.2, 0.25) is 0 Å². The Kier molecular flexibility index (Phi) is 6.82. The number of nitrogens with one attached hydrogen (secondary N) is 1. The van der Waals surface area contributed by atoms with Gasteiger partial charge in [-0.3, -0.25) is 5.32 Å². The molecule has 0 aromatic heterocycles. The first-order valence-electron chi connectivity index (χ1n) is 7.90. The van der Waals surface area contributed by atoms with Crippen molar-refractivity contribution in [2.45, 2.75) is 71.4 Å². The van der Waals surface area contributed by atoms with E-state index in [1.54, 1.807) is 0 Å². The molecule has 3 nitrogen and oxygen atoms in total. The van der Waals surface area contributed by atoms with Crippen molar-refractivity contribution in [3.05, 3.63) is 0 Å². The van der Waals surface area contributed by atoms with Crippen LogP contribution in [0.5, 0.6) is 0 Å². The monoisotopic (exact) mass is 265 g/mol. The third-order valence-corrected chi connectivity index (χ3v) is 3.76. The molecule has 1 aliphatic rings. The highest BCUT2D eigenvalue weighted by atomic mass is 15.1. The van der Waals surface area contributed by atoms with E-state index in [4.69, 9.17) is 0 Å². The van der Waals surface area contributed by atoms with Gasteiger partial charge in [-0.2, -0.15) is 5.26 Å². The van der Waals surface area contributed by atoms with Gasteiger partial charge in [0.05, 0.1) is 6.07 Å². The summed E-state index contributed by atoms with van der Waals surface area (Å²) in [5.74, 6) is 0.961. The Morgan fingerprint density at radius 3 is 2.53 bits per heavy atom. The van der Waals surface area contributed by atoms with Crippen LogP contribution in [-0.4, -0.2) is 36.1 Å². The second-order valence-electron chi connectivity index (χ2n) is 6.59. The molecule has 0 amide bonds. The van der Waals surface area contributed by atoms with Crippen molar-refractivity contribution in [2.75, 3.05) is 19.6 Å². The standard InChI is InChI=1S/C16H31N3/c1-5-10-19(12-15-7-8-15)11-6-9-16(4,13-17)18-14(2)3/h14-15,18H,5-12H2,1-4H3. The van der Waals surface area contributed by atoms with Crippen LogP contribution in [0.3, 0.4) is 0 Å². The van der Waals surface area contributed by atoms with Crippen LogP contribution in [0.4, 0.5) is 0 Å². The molecule has 1 fully saturated rings. The summed E-state index contributed by atoms with van der Waals surface area (Å²) >= 11 is 0. The predicted octanol–water partition coefficient (Wildman–Crippen LogP) is 3.17. The van der Waals surface area contributed by atoms with Gasteiger partial charge in [-0.1, -0.05) is 6.92 Å². The lowest BCUT2D eigenvalue weighted by Gasteiger charge is -2.28. The second-order valence-corrected chi connectivity index (χ2v) is 6.59. The first-order chi connectivity index (χ1) is 8.99. The molecule has 1 atom stereocenters. The summed E-state index contributed by atoms with van der Waals surface area (Å²) in [5.41, 5.74) is -0.369. The molecule has 1 N–H and O–H groups in total. The Labute approximate surface area is 119 Å². The van der Waals surface area contributed by atoms with Crippen molar-refractivity contribution < 1.29 is 0 Å². The Hall–Kier alpha value is -0.590. The number of hydrogen-bond acceptors (Lipinski definition) is 3. The predicted molar refractivity (Wildman–Crippen MR) is 81.0 cm³/mol. The molecule has 3 heteroatoms. The minimum Gasteiger partial charge on any atom is -0.303 e. The van der Waals surface area contributed by atoms with E-state index in [1.807, 2.05) is 6.92 Å². The number of nitriles is 1. The molecule has 0 aliphatic heterocycles. The quantitative estimate of drug-likeness (QED) is 0.659. The van der Waals surface area contributed by atoms with Crippen molar-refractivity contribution in [3.63, 3.8) is 0 Å². The van der Waals surface area contributed by atoms with Crippen molar-refractivity contribution in [2.24, 2.45) is 5.92 Å². The van der Waals surface area contributed by atoms with Gasteiger partial charge in [0.2, 0.25) is 0 Å². The normalized spacial score (nSPS) is 18.6. The van der Waals surface area contributed by atoms with E-state index in [1.165, 1.54) is 32.4 Å². The molecule has 1 saturated carbocycles. The summed E-state index contributed by atoms with van der Waals surface area (Å²) in [6, 6.07) is 2.80. The largest absolute Gasteiger partial charge is 0.303 e. The van der Waals surface area contributed by atoms with Crippen molar-refractivity contribution >= 4 is 0 Å². The molecular formula is C16H31N3. The Balaban J connectivity index is 2.30. The average molecular weight is 265 g/mol. The van der Waals surface area contributed by atoms with E-state index in [-0.39, 0.29) is 5.54 Å². The molecule has 19 heavy (non-hydrogen) atoms. The van der Waals surface area contributed by atoms with Gasteiger partial charge < -0.3 is 4.90 Å². The molecule has 0 radical (unpaired) electrons. The summed E-state index contributed by atoms with van der Waals surface area (Å²) < 4.78 is 0. The van der Waals surface area contributed by atoms with Gasteiger partial charge in [-0.25, -0.2) is 0 Å². The summed E-state index contributed by atoms with van der Waals surface area (Å²) in [4.78, 5) is 2.59. The Morgan fingerprint density at radius 2 is 2.05 bits per heavy atom. The molecule has 0 spiro atoms. The number of rotatable bonds is 10. The molecule has 1 rings (SSSR count). The lowest BCUT2D eigenvalue weighted by atomic mass is 9.96. The third-order valence-electron chi connectivity index (χ3n) is 3.76. The minimum absolute atomic E-state index is 0.364. The molecule has 0 aromatic rings. The molecule has 0 heterocycles. The summed E-state index contributed by atoms with van der Waals surface area (Å²) in [6.45, 7) is 12.1. The SMILES string of the molecule is CCCN(CCCC(C)(C#N)NC(C)C)CC1CC1. The number of nitrogens with zero attached hydrogens (tertiary/aromatic N) is 2. The summed E-state index contributed by atoms with van der Waals surface area (Å²) in [5, 5.41) is 12.7. The fourth-order valence-corrected chi connectivity index (χ4v) is 2.73. The van der Waals surface area contributed by atoms with Crippen LogP contribution in [0, 0.1) is 17.2 Å². The van der Waals surface area contributed by atoms with Crippen LogP contribution in [-0.2, 0) is 0 Å². The highest BCUT2D eigenvalue weighted by molar-refractivity contribution is 5.04. The van der Waals surface area contributed by atoms with E-state index < -0.39 is 0 Å². The van der Waals surface area contributed by atoms with E-state index >= 15 is 0 Å². The zero-order valence-electron chi connectivity index (χ0n) is 13.2. The van der Waals surface area contributed by atoms with Gasteiger partial charge >= 0.3 is 0 Å². The van der Waals surface area contributed by atoms with Gasteiger partial charge in [0.15, 0.2) is 0 Å². The first kappa shape index (κ1) is 16.5. The van der Waals surface area contributed by atoms with Crippen LogP contribution in [0.1, 0.15) is 59.8 Å². The van der Waals surface area contributed by atoms with Crippen LogP contribution in [0.15, 0.2) is 0 Å². The van der Waals surface area contributed by atoms with Crippen LogP contribution in [0.25, 0.3) is 0 Å². The van der Waals surface area contributed by atoms with E-state index in [2.05, 4.69) is 37.1 Å². The minimum atomic E-state index is -0.369. The Morgan fingerprint density at radius 1 is 1.37 bits per heavy atom. The lowest BCUT2D eigenvalue weighted by molar-refractivity contribution is 0.246. The average Bonchev–Trinajstić information content (AvgIpc) is 3.12. The highest BCUT2D eigenvalue weighted by Gasteiger charge is 2.26. The molecule has 0 bridgehead atoms. The van der Waals surface area contributed by atoms with Crippen molar-refractivity contribution in [1.82, 2.24) is 10.2 Å². The molecule has 1 aliphatic carbocycles. The highest BCUT2D eigenvalue weighted by Crippen LogP contribution is 2.29. The second kappa shape index (κ2) is 7.87. The van der Waals surface area contributed by atoms with Crippen molar-refractivity contribution in [1.29, 1.82) is 5.26 Å². The van der Waals surface area contributed by atoms with Gasteiger partial charge in [0, 0.05) is 12.6 Å². The fraction of sp³-hybridized carbons (Fsp3) is 0.938. The smallest absolute Gasteiger partial charge is 0.104 e. The maximum Gasteiger partial charge on any atom is 0.104 e. The summed E-state index contributed by atoms with van der Waals surface area (Å²) in [7, 11) is 0. The van der Waals surface area contributed by atoms with Crippen LogP contribution < -0.4 is 5.32 Å². The Bertz CT molecular complexity index is 291. The van der Waals surface area contributed by atoms with Gasteiger partial charge in [-0.15, -0.1) is 0 Å². The zero-order valence-corrected chi connectivity index (χ0v) is 13.2. The van der Waals surface area contributed by atoms with E-state index in [0.717, 1.165) is 25.3 Å². The maximum absolute atomic E-state index is 9.33. The molecule has 0 aromatic carbocycles. The van der Waals surface area contributed by atoms with Crippen LogP contribution >= 0.6 is 0 Å². The topological polar surface area (TPSA) is 39.1 Å². The lowest BCUT2D eigenvalue weighted by Crippen LogP contribution is -2.45. The first-order valence-corrected chi connectivity index (χ1v) is 7.90. The molecule has 1 unspecified atom stereocenters. The van der Waals surface area contributed by atoms with Gasteiger partial charge in [-0.05, 0) is 71.9 Å². The molecular weight excluding hydrogens is 234 g/mol. The van der Waals surface area contributed by atoms with E-state index in [0.29, 0.717) is 6.04 Å². The van der Waals surface area contributed by atoms with Crippen molar-refractivity contribution in [3.8, 4) is 6.07 Å². The zero-order chi connectivity index (χ0) is 14.3. The van der Waals surface area contributed by atoms with Gasteiger partial charge in [0.25, 0.3) is 0 Å². The third kappa shape index (κ3) is 6.94. The fourth-order valence-electron chi connectivity index (χ4n) is 2.73. The van der Waals surface area contributed by atoms with E-state index in [9.17, 15) is 5.26 Å². The van der Waals surface area contributed by atoms with Gasteiger partial charge in [0.1, 0.15) is 5.54 Å². The molecule has 110 valence electrons. The molecule has 0 saturated heterocycles. The number of hydrogen-bond donors (Lipinski definition) is 1. The maximum atomic E-state index is 9.33.